The van der Waals surface area contributed by atoms with E-state index < -0.39 is 0 Å². The molecule has 0 saturated carbocycles. The van der Waals surface area contributed by atoms with Crippen molar-refractivity contribution < 1.29 is 0 Å². The number of halogens is 1. The summed E-state index contributed by atoms with van der Waals surface area (Å²) in [5.74, 6) is 0. The first kappa shape index (κ1) is 11.5. The summed E-state index contributed by atoms with van der Waals surface area (Å²) in [6.45, 7) is 0. The van der Waals surface area contributed by atoms with Gasteiger partial charge in [-0.25, -0.2) is 0 Å². The van der Waals surface area contributed by atoms with E-state index in [1.165, 1.54) is 0 Å². The summed E-state index contributed by atoms with van der Waals surface area (Å²) >= 11 is 3.40. The highest BCUT2D eigenvalue weighted by molar-refractivity contribution is 9.10. The van der Waals surface area contributed by atoms with Crippen LogP contribution in [0.1, 0.15) is 5.56 Å². The Morgan fingerprint density at radius 2 is 2.00 bits per heavy atom. The van der Waals surface area contributed by atoms with Crippen LogP contribution in [-0.2, 0) is 0 Å². The molecule has 0 spiro atoms. The molecule has 0 aromatic heterocycles. The molecule has 3 nitrogen and oxygen atoms in total. The predicted molar refractivity (Wildman–Crippen MR) is 73.0 cm³/mol. The minimum atomic E-state index is 0.532. The summed E-state index contributed by atoms with van der Waals surface area (Å²) in [5, 5.41) is 12.2. The van der Waals surface area contributed by atoms with Crippen molar-refractivity contribution in [2.45, 2.75) is 0 Å². The molecule has 0 aliphatic carbocycles. The van der Waals surface area contributed by atoms with Crippen LogP contribution in [0.4, 0.5) is 17.1 Å². The molecule has 17 heavy (non-hydrogen) atoms. The Labute approximate surface area is 108 Å². The molecule has 0 amide bonds. The number of nitrogen functional groups attached to an aromatic ring is 1. The lowest BCUT2D eigenvalue weighted by Crippen LogP contribution is -1.95. The van der Waals surface area contributed by atoms with E-state index in [1.807, 2.05) is 24.3 Å². The molecule has 0 bridgehead atoms. The Morgan fingerprint density at radius 1 is 1.18 bits per heavy atom. The molecule has 0 unspecified atom stereocenters. The van der Waals surface area contributed by atoms with Crippen LogP contribution < -0.4 is 11.1 Å². The molecule has 0 radical (unpaired) electrons. The zero-order chi connectivity index (χ0) is 12.3. The fourth-order valence-electron chi connectivity index (χ4n) is 1.49. The normalized spacial score (nSPS) is 9.65. The topological polar surface area (TPSA) is 61.8 Å². The van der Waals surface area contributed by atoms with Crippen molar-refractivity contribution in [2.75, 3.05) is 11.1 Å². The van der Waals surface area contributed by atoms with E-state index in [2.05, 4.69) is 27.3 Å². The molecule has 0 aliphatic heterocycles. The Balaban J connectivity index is 2.34. The van der Waals surface area contributed by atoms with Gasteiger partial charge in [0.2, 0.25) is 0 Å². The smallest absolute Gasteiger partial charge is 0.101 e. The number of benzene rings is 2. The molecule has 0 heterocycles. The van der Waals surface area contributed by atoms with Gasteiger partial charge in [-0.15, -0.1) is 0 Å². The van der Waals surface area contributed by atoms with Gasteiger partial charge < -0.3 is 11.1 Å². The van der Waals surface area contributed by atoms with Crippen LogP contribution in [0.25, 0.3) is 0 Å². The molecule has 2 aromatic carbocycles. The van der Waals surface area contributed by atoms with Gasteiger partial charge in [-0.05, 0) is 36.4 Å². The lowest BCUT2D eigenvalue weighted by Gasteiger charge is -2.09. The van der Waals surface area contributed by atoms with Crippen molar-refractivity contribution in [3.05, 3.63) is 52.5 Å². The molecule has 0 fully saturated rings. The molecule has 2 rings (SSSR count). The maximum absolute atomic E-state index is 9.02. The second kappa shape index (κ2) is 4.89. The number of nitrogens with two attached hydrogens (primary N) is 1. The summed E-state index contributed by atoms with van der Waals surface area (Å²) < 4.78 is 0.983. The highest BCUT2D eigenvalue weighted by Gasteiger charge is 2.02. The van der Waals surface area contributed by atoms with E-state index in [0.29, 0.717) is 11.3 Å². The van der Waals surface area contributed by atoms with Gasteiger partial charge >= 0.3 is 0 Å². The van der Waals surface area contributed by atoms with Gasteiger partial charge in [0.15, 0.2) is 0 Å². The molecule has 0 aliphatic rings. The van der Waals surface area contributed by atoms with E-state index in [-0.39, 0.29) is 0 Å². The number of nitrogens with one attached hydrogen (secondary N) is 1. The SMILES string of the molecule is N#Cc1cc(N)ccc1Nc1cccc(Br)c1. The van der Waals surface area contributed by atoms with E-state index in [9.17, 15) is 0 Å². The van der Waals surface area contributed by atoms with Gasteiger partial charge in [-0.3, -0.25) is 0 Å². The third-order valence-corrected chi connectivity index (χ3v) is 2.76. The predicted octanol–water partition coefficient (Wildman–Crippen LogP) is 3.65. The molecule has 4 heteroatoms. The zero-order valence-corrected chi connectivity index (χ0v) is 10.5. The molecule has 0 saturated heterocycles. The molecule has 84 valence electrons. The minimum absolute atomic E-state index is 0.532. The lowest BCUT2D eigenvalue weighted by atomic mass is 10.1. The number of hydrogen-bond donors (Lipinski definition) is 2. The van der Waals surface area contributed by atoms with Crippen molar-refractivity contribution in [1.82, 2.24) is 0 Å². The Morgan fingerprint density at radius 3 is 2.71 bits per heavy atom. The summed E-state index contributed by atoms with van der Waals surface area (Å²) in [5.41, 5.74) is 8.42. The van der Waals surface area contributed by atoms with Crippen LogP contribution in [0, 0.1) is 11.3 Å². The van der Waals surface area contributed by atoms with Crippen molar-refractivity contribution in [1.29, 1.82) is 5.26 Å². The molecular formula is C13H10BrN3. The maximum atomic E-state index is 9.02. The van der Waals surface area contributed by atoms with Crippen LogP contribution in [0.5, 0.6) is 0 Å². The summed E-state index contributed by atoms with van der Waals surface area (Å²) in [7, 11) is 0. The first-order valence-corrected chi connectivity index (χ1v) is 5.80. The zero-order valence-electron chi connectivity index (χ0n) is 8.94. The second-order valence-corrected chi connectivity index (χ2v) is 4.47. The van der Waals surface area contributed by atoms with Crippen molar-refractivity contribution in [3.63, 3.8) is 0 Å². The fraction of sp³-hybridized carbons (Fsp3) is 0. The van der Waals surface area contributed by atoms with Crippen molar-refractivity contribution in [3.8, 4) is 6.07 Å². The van der Waals surface area contributed by atoms with Crippen molar-refractivity contribution in [2.24, 2.45) is 0 Å². The quantitative estimate of drug-likeness (QED) is 0.829. The van der Waals surface area contributed by atoms with Crippen molar-refractivity contribution >= 4 is 33.0 Å². The highest BCUT2D eigenvalue weighted by Crippen LogP contribution is 2.24. The van der Waals surface area contributed by atoms with E-state index in [0.717, 1.165) is 15.8 Å². The fourth-order valence-corrected chi connectivity index (χ4v) is 1.88. The Hall–Kier alpha value is -1.99. The number of anilines is 3. The van der Waals surface area contributed by atoms with Crippen LogP contribution in [0.3, 0.4) is 0 Å². The number of rotatable bonds is 2. The number of nitrogens with zero attached hydrogens (tertiary/aromatic N) is 1. The van der Waals surface area contributed by atoms with E-state index in [1.54, 1.807) is 18.2 Å². The van der Waals surface area contributed by atoms with Crippen LogP contribution in [0.15, 0.2) is 46.9 Å². The van der Waals surface area contributed by atoms with Gasteiger partial charge in [0.1, 0.15) is 6.07 Å². The van der Waals surface area contributed by atoms with E-state index in [4.69, 9.17) is 11.0 Å². The molecule has 2 aromatic rings. The molecular weight excluding hydrogens is 278 g/mol. The average Bonchev–Trinajstić information content (AvgIpc) is 2.31. The highest BCUT2D eigenvalue weighted by atomic mass is 79.9. The third kappa shape index (κ3) is 2.77. The Bertz CT molecular complexity index is 587. The number of hydrogen-bond acceptors (Lipinski definition) is 3. The lowest BCUT2D eigenvalue weighted by molar-refractivity contribution is 1.46. The summed E-state index contributed by atoms with van der Waals surface area (Å²) in [6.07, 6.45) is 0. The minimum Gasteiger partial charge on any atom is -0.399 e. The third-order valence-electron chi connectivity index (χ3n) is 2.27. The largest absolute Gasteiger partial charge is 0.399 e. The maximum Gasteiger partial charge on any atom is 0.101 e. The summed E-state index contributed by atoms with van der Waals surface area (Å²) in [6, 6.07) is 15.1. The van der Waals surface area contributed by atoms with E-state index >= 15 is 0 Å². The van der Waals surface area contributed by atoms with Crippen LogP contribution >= 0.6 is 15.9 Å². The molecule has 3 N–H and O–H groups in total. The van der Waals surface area contributed by atoms with Crippen LogP contribution in [-0.4, -0.2) is 0 Å². The summed E-state index contributed by atoms with van der Waals surface area (Å²) in [4.78, 5) is 0. The monoisotopic (exact) mass is 287 g/mol. The molecule has 0 atom stereocenters. The van der Waals surface area contributed by atoms with Gasteiger partial charge in [-0.1, -0.05) is 22.0 Å². The second-order valence-electron chi connectivity index (χ2n) is 3.55. The van der Waals surface area contributed by atoms with Gasteiger partial charge in [0.25, 0.3) is 0 Å². The van der Waals surface area contributed by atoms with Crippen LogP contribution in [0.2, 0.25) is 0 Å². The van der Waals surface area contributed by atoms with Gasteiger partial charge in [0, 0.05) is 15.8 Å². The Kier molecular flexibility index (Phi) is 3.31. The van der Waals surface area contributed by atoms with Gasteiger partial charge in [-0.2, -0.15) is 5.26 Å². The van der Waals surface area contributed by atoms with Gasteiger partial charge in [0.05, 0.1) is 11.3 Å². The first-order chi connectivity index (χ1) is 8.19. The average molecular weight is 288 g/mol. The standard InChI is InChI=1S/C13H10BrN3/c14-10-2-1-3-12(7-10)17-13-5-4-11(16)6-9(13)8-15/h1-7,17H,16H2. The number of nitriles is 1. The first-order valence-electron chi connectivity index (χ1n) is 5.01.